The molecule has 692 valence electrons. The molecule has 132 heavy (non-hydrogen) atoms. The normalized spacial score (nSPS) is 17.0. The number of ether oxygens (including phenoxy) is 4. The smallest absolute Gasteiger partial charge is 0.126 e. The average Bonchev–Trinajstić information content (AvgIpc) is 0.842. The van der Waals surface area contributed by atoms with Gasteiger partial charge in [-0.15, -0.1) is 0 Å². The molecule has 0 N–H and O–H groups in total. The van der Waals surface area contributed by atoms with E-state index in [1.54, 1.807) is 28.4 Å². The van der Waals surface area contributed by atoms with Gasteiger partial charge < -0.3 is 18.9 Å². The Kier molecular flexibility index (Phi) is 36.0. The molecule has 3 aliphatic rings. The third-order valence-electron chi connectivity index (χ3n) is 26.3. The minimum atomic E-state index is -0.614. The van der Waals surface area contributed by atoms with Gasteiger partial charge in [0, 0.05) is 248 Å². The summed E-state index contributed by atoms with van der Waals surface area (Å²) in [6.07, 6.45) is 0. The maximum atomic E-state index is 15.0. The fourth-order valence-electron chi connectivity index (χ4n) is 18.4. The molecule has 0 aromatic heterocycles. The number of halogens is 4. The summed E-state index contributed by atoms with van der Waals surface area (Å²) in [5, 5.41) is 0. The Bertz CT molecular complexity index is 4900. The first-order chi connectivity index (χ1) is 64.6. The Hall–Kier alpha value is -10.9. The lowest BCUT2D eigenvalue weighted by Gasteiger charge is -2.34. The van der Waals surface area contributed by atoms with Crippen LogP contribution < -0.4 is 18.9 Å². The van der Waals surface area contributed by atoms with Gasteiger partial charge in [-0.1, -0.05) is 206 Å². The number of hydrogen-bond acceptors (Lipinski definition) is 16. The molecule has 3 fully saturated rings. The molecule has 0 unspecified atom stereocenters. The molecule has 16 nitrogen and oxygen atoms in total. The van der Waals surface area contributed by atoms with Gasteiger partial charge in [0.15, 0.2) is 0 Å². The largest absolute Gasteiger partial charge is 0.497 e. The number of benzene rings is 12. The molecule has 0 saturated carbocycles. The zero-order chi connectivity index (χ0) is 91.0. The van der Waals surface area contributed by atoms with Crippen molar-refractivity contribution in [2.24, 2.45) is 0 Å². The molecule has 0 atom stereocenters. The summed E-state index contributed by atoms with van der Waals surface area (Å²) in [4.78, 5) is 30.7. The summed E-state index contributed by atoms with van der Waals surface area (Å²) in [5.74, 6) is 1.01. The Morgan fingerprint density at radius 1 is 0.159 bits per heavy atom. The van der Waals surface area contributed by atoms with E-state index in [0.717, 1.165) is 228 Å². The lowest BCUT2D eigenvalue weighted by molar-refractivity contribution is 0.122. The van der Waals surface area contributed by atoms with Gasteiger partial charge in [-0.3, -0.25) is 58.8 Å². The van der Waals surface area contributed by atoms with Crippen molar-refractivity contribution in [3.63, 3.8) is 0 Å². The number of nitrogens with zero attached hydrogens (tertiary/aromatic N) is 12. The van der Waals surface area contributed by atoms with E-state index in [0.29, 0.717) is 76.6 Å². The van der Waals surface area contributed by atoms with Gasteiger partial charge in [0.25, 0.3) is 0 Å². The van der Waals surface area contributed by atoms with E-state index in [1.807, 2.05) is 0 Å². The summed E-state index contributed by atoms with van der Waals surface area (Å²) in [5.41, 5.74) is 18.4. The van der Waals surface area contributed by atoms with E-state index in [-0.39, 0.29) is 0 Å². The summed E-state index contributed by atoms with van der Waals surface area (Å²) < 4.78 is 82.1. The molecule has 0 bridgehead atoms. The Balaban J connectivity index is 0.631. The molecule has 3 heterocycles. The van der Waals surface area contributed by atoms with E-state index >= 15 is 0 Å². The molecule has 12 aromatic carbocycles. The molecular formula is C112H132F4N12O4. The predicted molar refractivity (Wildman–Crippen MR) is 525 cm³/mol. The van der Waals surface area contributed by atoms with Crippen LogP contribution in [0.5, 0.6) is 23.0 Å². The highest BCUT2D eigenvalue weighted by Gasteiger charge is 2.25. The standard InChI is InChI=1S/C112H132F4N12O4/c1-129-109-39-23-95(24-40-109)83-123-51-47-117(77-89-11-7-5-8-12-89)48-52-124(84-96-25-41-110(130-2)42-26-96)62-58-119(57-61-123)79-91-15-31-101(32-16-91)103-35-19-93(20-36-103)81-121-55-56-122(66-68-128(88-100-73-107(115)76-108(116)74-100)70-69-127(67-65-121)87-99-71-105(113)75-106(114)72-99)82-94-21-37-104(38-22-94)102-33-17-92(18-34-102)80-120-59-63-125(85-97-27-43-111(131-3)44-28-97)53-49-118(78-90-13-9-6-10-14-90)50-54-126(64-60-120)86-98-29-45-112(132-4)46-30-98/h5-46,71-76H,47-70,77-88H2,1-4H3. The minimum Gasteiger partial charge on any atom is -0.497 e. The van der Waals surface area contributed by atoms with Gasteiger partial charge in [0.1, 0.15) is 46.3 Å². The van der Waals surface area contributed by atoms with Crippen molar-refractivity contribution in [1.29, 1.82) is 0 Å². The fraction of sp³-hybridized carbons (Fsp3) is 0.357. The summed E-state index contributed by atoms with van der Waals surface area (Å²) >= 11 is 0. The van der Waals surface area contributed by atoms with Crippen LogP contribution in [0.2, 0.25) is 0 Å². The van der Waals surface area contributed by atoms with Crippen molar-refractivity contribution in [3.8, 4) is 45.3 Å². The second-order valence-electron chi connectivity index (χ2n) is 36.0. The van der Waals surface area contributed by atoms with Gasteiger partial charge >= 0.3 is 0 Å². The van der Waals surface area contributed by atoms with Crippen molar-refractivity contribution < 1.29 is 36.5 Å². The van der Waals surface area contributed by atoms with E-state index in [9.17, 15) is 17.6 Å². The second kappa shape index (κ2) is 49.7. The highest BCUT2D eigenvalue weighted by Crippen LogP contribution is 2.28. The van der Waals surface area contributed by atoms with Crippen LogP contribution >= 0.6 is 0 Å². The number of hydrogen-bond donors (Lipinski definition) is 0. The molecule has 20 heteroatoms. The monoisotopic (exact) mass is 1790 g/mol. The van der Waals surface area contributed by atoms with Gasteiger partial charge in [-0.05, 0) is 162 Å². The highest BCUT2D eigenvalue weighted by atomic mass is 19.1. The molecule has 3 aliphatic heterocycles. The zero-order valence-electron chi connectivity index (χ0n) is 77.7. The third kappa shape index (κ3) is 30.6. The molecule has 0 spiro atoms. The quantitative estimate of drug-likeness (QED) is 0.0401. The first-order valence-electron chi connectivity index (χ1n) is 47.2. The lowest BCUT2D eigenvalue weighted by atomic mass is 10.0. The van der Waals surface area contributed by atoms with E-state index < -0.39 is 23.3 Å². The molecule has 15 rings (SSSR count). The van der Waals surface area contributed by atoms with Gasteiger partial charge in [0.05, 0.1) is 28.4 Å². The fourth-order valence-corrected chi connectivity index (χ4v) is 18.4. The van der Waals surface area contributed by atoms with E-state index in [2.05, 4.69) is 314 Å². The SMILES string of the molecule is COc1ccc(CN2CCN(Cc3ccccc3)CCN(Cc3ccc(OC)cc3)CCN(Cc3ccc(-c4ccc(CN5CCN(Cc6ccc(-c7ccc(CN8CCN(Cc9ccc(OC)cc9)CCN(Cc9ccccc9)CCN(Cc9ccc(OC)cc9)CC8)cc7)cc6)CCN(Cc6cc(F)cc(F)c6)CCN(Cc6cc(F)cc(F)c6)CC5)cc4)cc3)CC2)cc1. The van der Waals surface area contributed by atoms with Crippen LogP contribution in [-0.2, 0) is 78.5 Å². The first kappa shape index (κ1) is 95.7. The van der Waals surface area contributed by atoms with Crippen molar-refractivity contribution in [1.82, 2.24) is 58.8 Å². The van der Waals surface area contributed by atoms with Crippen LogP contribution in [0.1, 0.15) is 66.8 Å². The predicted octanol–water partition coefficient (Wildman–Crippen LogP) is 18.6. The maximum Gasteiger partial charge on any atom is 0.126 e. The first-order valence-corrected chi connectivity index (χ1v) is 47.2. The highest BCUT2D eigenvalue weighted by molar-refractivity contribution is 5.65. The Morgan fingerprint density at radius 2 is 0.288 bits per heavy atom. The number of methoxy groups -OCH3 is 4. The molecular weight excluding hydrogens is 1650 g/mol. The Labute approximate surface area is 781 Å². The van der Waals surface area contributed by atoms with Crippen LogP contribution in [-0.4, -0.2) is 244 Å². The van der Waals surface area contributed by atoms with Crippen molar-refractivity contribution in [2.75, 3.05) is 186 Å². The van der Waals surface area contributed by atoms with Crippen LogP contribution in [0.4, 0.5) is 17.6 Å². The van der Waals surface area contributed by atoms with Crippen LogP contribution in [0.3, 0.4) is 0 Å². The van der Waals surface area contributed by atoms with Crippen molar-refractivity contribution >= 4 is 0 Å². The molecule has 0 amide bonds. The zero-order valence-corrected chi connectivity index (χ0v) is 77.7. The number of rotatable bonds is 30. The van der Waals surface area contributed by atoms with Crippen molar-refractivity contribution in [2.45, 2.75) is 78.5 Å². The maximum absolute atomic E-state index is 15.0. The van der Waals surface area contributed by atoms with E-state index in [4.69, 9.17) is 18.9 Å². The van der Waals surface area contributed by atoms with Gasteiger partial charge in [0.2, 0.25) is 0 Å². The summed E-state index contributed by atoms with van der Waals surface area (Å²) in [7, 11) is 6.90. The summed E-state index contributed by atoms with van der Waals surface area (Å²) in [6.45, 7) is 29.1. The minimum absolute atomic E-state index is 0.332. The average molecular weight is 1790 g/mol. The molecule has 0 radical (unpaired) electrons. The van der Waals surface area contributed by atoms with Crippen LogP contribution in [0.15, 0.2) is 291 Å². The molecule has 12 aromatic rings. The van der Waals surface area contributed by atoms with Crippen LogP contribution in [0, 0.1) is 23.3 Å². The third-order valence-corrected chi connectivity index (χ3v) is 26.3. The molecule has 3 saturated heterocycles. The van der Waals surface area contributed by atoms with Crippen LogP contribution in [0.25, 0.3) is 22.3 Å². The van der Waals surface area contributed by atoms with Gasteiger partial charge in [-0.2, -0.15) is 0 Å². The lowest BCUT2D eigenvalue weighted by Crippen LogP contribution is -2.45. The van der Waals surface area contributed by atoms with Gasteiger partial charge in [-0.25, -0.2) is 17.6 Å². The Morgan fingerprint density at radius 3 is 0.432 bits per heavy atom. The molecule has 0 aliphatic carbocycles. The second-order valence-corrected chi connectivity index (χ2v) is 36.0. The van der Waals surface area contributed by atoms with Crippen molar-refractivity contribution in [3.05, 3.63) is 381 Å². The van der Waals surface area contributed by atoms with E-state index in [1.165, 1.54) is 79.9 Å². The summed E-state index contributed by atoms with van der Waals surface area (Å²) in [6, 6.07) is 99.9. The topological polar surface area (TPSA) is 75.8 Å².